The SMILES string of the molecule is CCOP(=O)(OCC)OCCCOP(=O)(OCC)OCC. The normalized spacial score (nSPS) is 12.8. The first-order valence-electron chi connectivity index (χ1n) is 7.02. The van der Waals surface area contributed by atoms with Gasteiger partial charge >= 0.3 is 15.6 Å². The van der Waals surface area contributed by atoms with Crippen LogP contribution in [0.3, 0.4) is 0 Å². The molecule has 0 aliphatic rings. The molecule has 0 spiro atoms. The first-order chi connectivity index (χ1) is 9.95. The van der Waals surface area contributed by atoms with Gasteiger partial charge in [0.15, 0.2) is 0 Å². The Bertz CT molecular complexity index is 297. The Balaban J connectivity index is 4.07. The summed E-state index contributed by atoms with van der Waals surface area (Å²) < 4.78 is 54.0. The Morgan fingerprint density at radius 2 is 0.857 bits per heavy atom. The molecule has 0 amide bonds. The summed E-state index contributed by atoms with van der Waals surface area (Å²) in [6, 6.07) is 0. The highest BCUT2D eigenvalue weighted by atomic mass is 31.2. The van der Waals surface area contributed by atoms with Crippen molar-refractivity contribution < 1.29 is 36.3 Å². The topological polar surface area (TPSA) is 89.5 Å². The van der Waals surface area contributed by atoms with E-state index in [2.05, 4.69) is 0 Å². The van der Waals surface area contributed by atoms with Crippen LogP contribution in [0.25, 0.3) is 0 Å². The number of hydrogen-bond acceptors (Lipinski definition) is 8. The second kappa shape index (κ2) is 11.7. The summed E-state index contributed by atoms with van der Waals surface area (Å²) in [7, 11) is -7.03. The van der Waals surface area contributed by atoms with Gasteiger partial charge in [0.05, 0.1) is 39.6 Å². The summed E-state index contributed by atoms with van der Waals surface area (Å²) in [4.78, 5) is 0. The zero-order chi connectivity index (χ0) is 16.2. The van der Waals surface area contributed by atoms with E-state index in [0.29, 0.717) is 6.42 Å². The molecule has 0 bridgehead atoms. The van der Waals surface area contributed by atoms with Crippen molar-refractivity contribution in [3.05, 3.63) is 0 Å². The molecule has 0 unspecified atom stereocenters. The Labute approximate surface area is 126 Å². The summed E-state index contributed by atoms with van der Waals surface area (Å²) in [5, 5.41) is 0. The molecule has 0 aliphatic heterocycles. The quantitative estimate of drug-likeness (QED) is 0.346. The van der Waals surface area contributed by atoms with Gasteiger partial charge in [-0.1, -0.05) is 0 Å². The van der Waals surface area contributed by atoms with Gasteiger partial charge in [-0.3, -0.25) is 27.1 Å². The van der Waals surface area contributed by atoms with Gasteiger partial charge in [0.1, 0.15) is 0 Å². The molecule has 0 aromatic carbocycles. The molecule has 10 heteroatoms. The van der Waals surface area contributed by atoms with Crippen LogP contribution >= 0.6 is 15.6 Å². The largest absolute Gasteiger partial charge is 0.474 e. The van der Waals surface area contributed by atoms with Crippen LogP contribution in [0.15, 0.2) is 0 Å². The molecule has 21 heavy (non-hydrogen) atoms. The lowest BCUT2D eigenvalue weighted by Crippen LogP contribution is -2.05. The molecule has 0 rings (SSSR count). The maximum Gasteiger partial charge on any atom is 0.474 e. The van der Waals surface area contributed by atoms with Crippen molar-refractivity contribution in [3.8, 4) is 0 Å². The molecule has 0 aromatic heterocycles. The Kier molecular flexibility index (Phi) is 11.9. The van der Waals surface area contributed by atoms with Crippen molar-refractivity contribution in [2.24, 2.45) is 0 Å². The van der Waals surface area contributed by atoms with E-state index >= 15 is 0 Å². The van der Waals surface area contributed by atoms with Gasteiger partial charge in [0.2, 0.25) is 0 Å². The van der Waals surface area contributed by atoms with E-state index in [0.717, 1.165) is 0 Å². The lowest BCUT2D eigenvalue weighted by Gasteiger charge is -2.18. The van der Waals surface area contributed by atoms with Crippen molar-refractivity contribution >= 4 is 15.6 Å². The molecule has 0 atom stereocenters. The zero-order valence-electron chi connectivity index (χ0n) is 13.1. The lowest BCUT2D eigenvalue weighted by atomic mass is 10.5. The third kappa shape index (κ3) is 9.76. The van der Waals surface area contributed by atoms with E-state index in [1.807, 2.05) is 0 Å². The predicted octanol–water partition coefficient (Wildman–Crippen LogP) is 3.77. The summed E-state index contributed by atoms with van der Waals surface area (Å²) in [6.45, 7) is 7.81. The standard InChI is InChI=1S/C11H26O8P2/c1-5-14-20(12,15-6-2)18-10-9-11-19-21(13,16-7-3)17-8-4/h5-11H2,1-4H3. The maximum absolute atomic E-state index is 12.0. The molecule has 0 saturated heterocycles. The third-order valence-corrected chi connectivity index (χ3v) is 5.23. The minimum absolute atomic E-state index is 0.0789. The minimum atomic E-state index is -3.51. The first kappa shape index (κ1) is 21.2. The fourth-order valence-electron chi connectivity index (χ4n) is 1.27. The van der Waals surface area contributed by atoms with Crippen LogP contribution in [0.4, 0.5) is 0 Å². The van der Waals surface area contributed by atoms with E-state index < -0.39 is 15.6 Å². The van der Waals surface area contributed by atoms with Crippen LogP contribution in [0.5, 0.6) is 0 Å². The minimum Gasteiger partial charge on any atom is -0.287 e. The van der Waals surface area contributed by atoms with Gasteiger partial charge < -0.3 is 0 Å². The van der Waals surface area contributed by atoms with Crippen LogP contribution in [0, 0.1) is 0 Å². The van der Waals surface area contributed by atoms with E-state index in [4.69, 9.17) is 27.1 Å². The Morgan fingerprint density at radius 3 is 1.10 bits per heavy atom. The van der Waals surface area contributed by atoms with Crippen LogP contribution in [0.1, 0.15) is 34.1 Å². The molecular weight excluding hydrogens is 322 g/mol. The maximum atomic E-state index is 12.0. The summed E-state index contributed by atoms with van der Waals surface area (Å²) in [5.74, 6) is 0. The van der Waals surface area contributed by atoms with E-state index in [9.17, 15) is 9.13 Å². The second-order valence-electron chi connectivity index (χ2n) is 3.59. The molecule has 0 aliphatic carbocycles. The molecule has 0 fully saturated rings. The van der Waals surface area contributed by atoms with Gasteiger partial charge in [-0.15, -0.1) is 0 Å². The van der Waals surface area contributed by atoms with Gasteiger partial charge in [-0.25, -0.2) is 9.13 Å². The highest BCUT2D eigenvalue weighted by Gasteiger charge is 2.27. The third-order valence-electron chi connectivity index (χ3n) is 1.94. The van der Waals surface area contributed by atoms with Gasteiger partial charge in [0.25, 0.3) is 0 Å². The van der Waals surface area contributed by atoms with E-state index in [1.54, 1.807) is 27.7 Å². The number of rotatable bonds is 14. The average Bonchev–Trinajstić information content (AvgIpc) is 2.39. The Morgan fingerprint density at radius 1 is 0.571 bits per heavy atom. The molecule has 0 heterocycles. The molecule has 8 nitrogen and oxygen atoms in total. The highest BCUT2D eigenvalue weighted by molar-refractivity contribution is 7.48. The van der Waals surface area contributed by atoms with E-state index in [-0.39, 0.29) is 39.6 Å². The first-order valence-corrected chi connectivity index (χ1v) is 9.94. The second-order valence-corrected chi connectivity index (χ2v) is 6.92. The fourth-order valence-corrected chi connectivity index (χ4v) is 3.69. The number of phosphoric ester groups is 2. The predicted molar refractivity (Wildman–Crippen MR) is 78.2 cm³/mol. The summed E-state index contributed by atoms with van der Waals surface area (Å²) in [6.07, 6.45) is 0.342. The molecular formula is C11H26O8P2. The van der Waals surface area contributed by atoms with Crippen molar-refractivity contribution in [3.63, 3.8) is 0 Å². The number of hydrogen-bond donors (Lipinski definition) is 0. The Hall–Kier alpha value is 0.220. The van der Waals surface area contributed by atoms with E-state index in [1.165, 1.54) is 0 Å². The fraction of sp³-hybridized carbons (Fsp3) is 1.00. The molecule has 0 saturated carbocycles. The molecule has 0 N–H and O–H groups in total. The zero-order valence-corrected chi connectivity index (χ0v) is 14.9. The van der Waals surface area contributed by atoms with Gasteiger partial charge in [0, 0.05) is 0 Å². The molecule has 0 aromatic rings. The average molecular weight is 348 g/mol. The summed E-state index contributed by atoms with van der Waals surface area (Å²) >= 11 is 0. The number of phosphoric acid groups is 2. The molecule has 0 radical (unpaired) electrons. The van der Waals surface area contributed by atoms with Crippen molar-refractivity contribution in [2.75, 3.05) is 39.6 Å². The highest BCUT2D eigenvalue weighted by Crippen LogP contribution is 2.50. The van der Waals surface area contributed by atoms with Crippen LogP contribution in [-0.2, 0) is 36.3 Å². The van der Waals surface area contributed by atoms with Crippen LogP contribution in [-0.4, -0.2) is 39.6 Å². The van der Waals surface area contributed by atoms with Gasteiger partial charge in [-0.05, 0) is 34.1 Å². The van der Waals surface area contributed by atoms with Crippen molar-refractivity contribution in [1.29, 1.82) is 0 Å². The lowest BCUT2D eigenvalue weighted by molar-refractivity contribution is 0.100. The van der Waals surface area contributed by atoms with Gasteiger partial charge in [-0.2, -0.15) is 0 Å². The van der Waals surface area contributed by atoms with Crippen molar-refractivity contribution in [2.45, 2.75) is 34.1 Å². The monoisotopic (exact) mass is 348 g/mol. The van der Waals surface area contributed by atoms with Crippen molar-refractivity contribution in [1.82, 2.24) is 0 Å². The smallest absolute Gasteiger partial charge is 0.287 e. The van der Waals surface area contributed by atoms with Crippen LogP contribution < -0.4 is 0 Å². The summed E-state index contributed by atoms with van der Waals surface area (Å²) in [5.41, 5.74) is 0. The van der Waals surface area contributed by atoms with Crippen LogP contribution in [0.2, 0.25) is 0 Å². The molecule has 128 valence electrons.